The monoisotopic (exact) mass is 616 g/mol. The molecular weight excluding hydrogens is 576 g/mol. The average molecular weight is 617 g/mol. The maximum Gasteiger partial charge on any atom is 0.322 e. The number of aromatic nitrogens is 4. The number of nitrogens with zero attached hydrogens (tertiary/aromatic N) is 6. The predicted molar refractivity (Wildman–Crippen MR) is 180 cm³/mol. The van der Waals surface area contributed by atoms with Crippen LogP contribution in [0.3, 0.4) is 0 Å². The Labute approximate surface area is 268 Å². The Bertz CT molecular complexity index is 2010. The lowest BCUT2D eigenvalue weighted by atomic mass is 10.0. The maximum absolute atomic E-state index is 13.7. The number of benzene rings is 1. The number of hydrogen-bond donors (Lipinski definition) is 2. The van der Waals surface area contributed by atoms with Crippen LogP contribution in [-0.2, 0) is 6.54 Å². The summed E-state index contributed by atoms with van der Waals surface area (Å²) in [6.45, 7) is 9.12. The number of anilines is 1. The van der Waals surface area contributed by atoms with E-state index in [1.807, 2.05) is 58.1 Å². The van der Waals surface area contributed by atoms with Gasteiger partial charge in [0.2, 0.25) is 0 Å². The van der Waals surface area contributed by atoms with Crippen molar-refractivity contribution in [2.75, 3.05) is 24.5 Å². The number of para-hydroxylation sites is 1. The molecule has 0 spiro atoms. The van der Waals surface area contributed by atoms with Crippen LogP contribution in [0, 0.1) is 18.8 Å². The molecule has 10 heteroatoms. The molecule has 236 valence electrons. The molecule has 3 fully saturated rings. The molecule has 5 aromatic rings. The van der Waals surface area contributed by atoms with E-state index in [1.165, 1.54) is 12.8 Å². The van der Waals surface area contributed by atoms with Crippen LogP contribution in [-0.4, -0.2) is 67.7 Å². The summed E-state index contributed by atoms with van der Waals surface area (Å²) < 4.78 is 4.18. The van der Waals surface area contributed by atoms with Gasteiger partial charge in [0.25, 0.3) is 5.91 Å². The van der Waals surface area contributed by atoms with E-state index < -0.39 is 0 Å². The van der Waals surface area contributed by atoms with Gasteiger partial charge in [-0.3, -0.25) is 9.69 Å². The molecule has 46 heavy (non-hydrogen) atoms. The molecule has 10 nitrogen and oxygen atoms in total. The quantitative estimate of drug-likeness (QED) is 0.252. The Balaban J connectivity index is 1.20. The summed E-state index contributed by atoms with van der Waals surface area (Å²) in [7, 11) is 0. The molecule has 3 N–H and O–H groups in total. The first kappa shape index (κ1) is 28.8. The Morgan fingerprint density at radius 1 is 1.11 bits per heavy atom. The summed E-state index contributed by atoms with van der Waals surface area (Å²) in [6, 6.07) is 18.2. The molecule has 2 unspecified atom stereocenters. The summed E-state index contributed by atoms with van der Waals surface area (Å²) >= 11 is 0. The predicted octanol–water partition coefficient (Wildman–Crippen LogP) is 5.46. The van der Waals surface area contributed by atoms with Crippen molar-refractivity contribution >= 4 is 34.2 Å². The number of hydrogen-bond acceptors (Lipinski definition) is 5. The molecule has 1 saturated carbocycles. The van der Waals surface area contributed by atoms with Crippen molar-refractivity contribution in [3.8, 4) is 22.6 Å². The van der Waals surface area contributed by atoms with Gasteiger partial charge in [-0.1, -0.05) is 32.0 Å². The van der Waals surface area contributed by atoms with Crippen LogP contribution in [0.4, 0.5) is 10.5 Å². The van der Waals surface area contributed by atoms with Gasteiger partial charge in [-0.05, 0) is 74.4 Å². The Morgan fingerprint density at radius 3 is 2.70 bits per heavy atom. The van der Waals surface area contributed by atoms with Crippen LogP contribution < -0.4 is 16.0 Å². The van der Waals surface area contributed by atoms with Crippen LogP contribution in [0.1, 0.15) is 49.0 Å². The summed E-state index contributed by atoms with van der Waals surface area (Å²) in [5, 5.41) is 9.04. The first-order valence-corrected chi connectivity index (χ1v) is 16.5. The zero-order valence-electron chi connectivity index (χ0n) is 26.6. The zero-order chi connectivity index (χ0) is 31.7. The van der Waals surface area contributed by atoms with E-state index in [0.29, 0.717) is 31.1 Å². The Morgan fingerprint density at radius 2 is 1.93 bits per heavy atom. The van der Waals surface area contributed by atoms with Crippen LogP contribution >= 0.6 is 0 Å². The van der Waals surface area contributed by atoms with Crippen molar-refractivity contribution in [2.45, 2.75) is 58.7 Å². The highest BCUT2D eigenvalue weighted by atomic mass is 16.2. The molecule has 0 bridgehead atoms. The van der Waals surface area contributed by atoms with E-state index in [1.54, 1.807) is 4.90 Å². The van der Waals surface area contributed by atoms with Gasteiger partial charge < -0.3 is 20.5 Å². The third kappa shape index (κ3) is 4.65. The lowest BCUT2D eigenvalue weighted by molar-refractivity contribution is 0.0724. The molecule has 4 aromatic heterocycles. The summed E-state index contributed by atoms with van der Waals surface area (Å²) in [4.78, 5) is 35.2. The van der Waals surface area contributed by atoms with Crippen molar-refractivity contribution in [3.05, 3.63) is 71.9 Å². The van der Waals surface area contributed by atoms with E-state index in [9.17, 15) is 9.59 Å². The average Bonchev–Trinajstić information content (AvgIpc) is 3.38. The minimum Gasteiger partial charge on any atom is -0.336 e. The highest BCUT2D eigenvalue weighted by Gasteiger charge is 2.39. The van der Waals surface area contributed by atoms with Gasteiger partial charge in [0.1, 0.15) is 11.3 Å². The van der Waals surface area contributed by atoms with Crippen molar-refractivity contribution in [2.24, 2.45) is 17.6 Å². The van der Waals surface area contributed by atoms with Crippen molar-refractivity contribution in [1.29, 1.82) is 0 Å². The molecule has 3 aliphatic rings. The number of carbonyl (C=O) groups is 2. The molecule has 3 atom stereocenters. The zero-order valence-corrected chi connectivity index (χ0v) is 26.6. The molecule has 3 amide bonds. The number of fused-ring (bicyclic) bond motifs is 2. The molecule has 1 aromatic carbocycles. The van der Waals surface area contributed by atoms with E-state index in [2.05, 4.69) is 42.8 Å². The normalized spacial score (nSPS) is 21.6. The van der Waals surface area contributed by atoms with Gasteiger partial charge in [-0.2, -0.15) is 5.10 Å². The van der Waals surface area contributed by atoms with Crippen molar-refractivity contribution < 1.29 is 9.59 Å². The molecule has 1 aliphatic carbocycles. The van der Waals surface area contributed by atoms with Gasteiger partial charge >= 0.3 is 6.03 Å². The van der Waals surface area contributed by atoms with Gasteiger partial charge in [-0.15, -0.1) is 0 Å². The smallest absolute Gasteiger partial charge is 0.322 e. The van der Waals surface area contributed by atoms with Crippen molar-refractivity contribution in [1.82, 2.24) is 29.4 Å². The van der Waals surface area contributed by atoms with Crippen molar-refractivity contribution in [3.63, 3.8) is 0 Å². The largest absolute Gasteiger partial charge is 0.336 e. The molecule has 0 radical (unpaired) electrons. The lowest BCUT2D eigenvalue weighted by Gasteiger charge is -2.25. The highest BCUT2D eigenvalue weighted by Crippen LogP contribution is 2.38. The van der Waals surface area contributed by atoms with Gasteiger partial charge in [-0.25, -0.2) is 14.3 Å². The van der Waals surface area contributed by atoms with Crippen LogP contribution in [0.15, 0.2) is 60.8 Å². The number of pyridine rings is 2. The highest BCUT2D eigenvalue weighted by molar-refractivity contribution is 5.99. The first-order chi connectivity index (χ1) is 22.3. The SMILES string of the molecule is CCC1[C@H](N)C(C)CN1C(=O)c1ccc2c(C)c(-c3cc4ccc(-c5ccccc5N5CCNC5=O)nc4n3CC3CC3)nn2c1. The lowest BCUT2D eigenvalue weighted by Crippen LogP contribution is -2.42. The van der Waals surface area contributed by atoms with Gasteiger partial charge in [0, 0.05) is 61.0 Å². The Kier molecular flexibility index (Phi) is 6.86. The summed E-state index contributed by atoms with van der Waals surface area (Å²) in [5.74, 6) is 0.893. The first-order valence-electron chi connectivity index (χ1n) is 16.5. The second kappa shape index (κ2) is 11.0. The van der Waals surface area contributed by atoms with Crippen LogP contribution in [0.25, 0.3) is 39.2 Å². The fourth-order valence-electron chi connectivity index (χ4n) is 7.43. The number of amides is 3. The van der Waals surface area contributed by atoms with Crippen LogP contribution in [0.5, 0.6) is 0 Å². The summed E-state index contributed by atoms with van der Waals surface area (Å²) in [5.41, 5.74) is 14.6. The third-order valence-electron chi connectivity index (χ3n) is 10.2. The minimum atomic E-state index is -0.0798. The van der Waals surface area contributed by atoms with E-state index in [4.69, 9.17) is 15.8 Å². The van der Waals surface area contributed by atoms with Crippen LogP contribution in [0.2, 0.25) is 0 Å². The molecule has 8 rings (SSSR count). The number of urea groups is 1. The Hall–Kier alpha value is -4.70. The second-order valence-electron chi connectivity index (χ2n) is 13.3. The van der Waals surface area contributed by atoms with E-state index in [-0.39, 0.29) is 29.9 Å². The number of carbonyl (C=O) groups excluding carboxylic acids is 2. The third-order valence-corrected chi connectivity index (χ3v) is 10.2. The topological polar surface area (TPSA) is 114 Å². The number of likely N-dealkylation sites (tertiary alicyclic amines) is 1. The van der Waals surface area contributed by atoms with Gasteiger partial charge in [0.05, 0.1) is 28.2 Å². The number of aryl methyl sites for hydroxylation is 1. The fourth-order valence-corrected chi connectivity index (χ4v) is 7.43. The molecular formula is C36H40N8O2. The van der Waals surface area contributed by atoms with E-state index in [0.717, 1.165) is 63.4 Å². The number of rotatable bonds is 7. The van der Waals surface area contributed by atoms with E-state index >= 15 is 0 Å². The molecule has 2 aliphatic heterocycles. The summed E-state index contributed by atoms with van der Waals surface area (Å²) in [6.07, 6.45) is 5.12. The molecule has 6 heterocycles. The van der Waals surface area contributed by atoms with Gasteiger partial charge in [0.15, 0.2) is 0 Å². The second-order valence-corrected chi connectivity index (χ2v) is 13.3. The molecule has 2 saturated heterocycles. The number of nitrogens with one attached hydrogen (secondary N) is 1. The fraction of sp³-hybridized carbons (Fsp3) is 0.389. The maximum atomic E-state index is 13.7. The minimum absolute atomic E-state index is 0.00746. The number of nitrogens with two attached hydrogens (primary N) is 1. The standard InChI is InChI=1S/C36H40N8O2/c1-4-28-32(37)21(2)18-43(28)35(45)25-12-14-29-22(3)33(40-44(29)20-25)31-17-24-11-13-27(39-34(24)42(31)19-23-9-10-23)26-7-5-6-8-30(26)41-16-15-38-36(41)46/h5-8,11-14,17,20-21,23,28,32H,4,9-10,15-16,18-19,37H2,1-3H3,(H,38,46)/t21?,28?,32-/m1/s1.